The molecule has 2 aliphatic rings. The van der Waals surface area contributed by atoms with Gasteiger partial charge in [0.25, 0.3) is 0 Å². The number of anilines is 4. The summed E-state index contributed by atoms with van der Waals surface area (Å²) in [6.45, 7) is 7.51. The fourth-order valence-electron chi connectivity index (χ4n) is 4.66. The molecule has 3 heterocycles. The molecule has 0 aliphatic carbocycles. The fourth-order valence-corrected chi connectivity index (χ4v) is 4.66. The molecule has 1 N–H and O–H groups in total. The Hall–Kier alpha value is -3.37. The molecule has 2 aromatic carbocycles. The quantitative estimate of drug-likeness (QED) is 0.497. The zero-order valence-electron chi connectivity index (χ0n) is 20.1. The maximum absolute atomic E-state index is 13.9. The van der Waals surface area contributed by atoms with Crippen LogP contribution in [0.15, 0.2) is 60.8 Å². The van der Waals surface area contributed by atoms with Crippen molar-refractivity contribution >= 4 is 23.1 Å². The summed E-state index contributed by atoms with van der Waals surface area (Å²) >= 11 is 0. The predicted molar refractivity (Wildman–Crippen MR) is 133 cm³/mol. The molecule has 0 amide bonds. The first-order valence-electron chi connectivity index (χ1n) is 12.2. The van der Waals surface area contributed by atoms with Crippen LogP contribution in [0, 0.1) is 0 Å². The molecule has 10 heteroatoms. The highest BCUT2D eigenvalue weighted by Crippen LogP contribution is 2.41. The number of aromatic nitrogens is 2. The molecule has 0 saturated carbocycles. The van der Waals surface area contributed by atoms with E-state index in [0.29, 0.717) is 18.7 Å². The Balaban J connectivity index is 1.37. The molecule has 0 spiro atoms. The van der Waals surface area contributed by atoms with Gasteiger partial charge in [0, 0.05) is 50.2 Å². The Labute approximate surface area is 208 Å². The van der Waals surface area contributed by atoms with E-state index in [9.17, 15) is 13.2 Å². The second-order valence-electron chi connectivity index (χ2n) is 8.90. The Morgan fingerprint density at radius 1 is 1.00 bits per heavy atom. The second kappa shape index (κ2) is 10.3. The number of alkyl halides is 3. The summed E-state index contributed by atoms with van der Waals surface area (Å²) in [6.07, 6.45) is -3.25. The van der Waals surface area contributed by atoms with Gasteiger partial charge < -0.3 is 15.1 Å². The van der Waals surface area contributed by atoms with Crippen LogP contribution in [0.1, 0.15) is 30.5 Å². The van der Waals surface area contributed by atoms with Gasteiger partial charge >= 0.3 is 6.18 Å². The number of halogens is 3. The molecule has 2 saturated heterocycles. The molecule has 3 aromatic rings. The van der Waals surface area contributed by atoms with Crippen molar-refractivity contribution in [1.29, 1.82) is 0 Å². The molecule has 0 radical (unpaired) electrons. The Morgan fingerprint density at radius 3 is 2.39 bits per heavy atom. The van der Waals surface area contributed by atoms with Gasteiger partial charge in [0.05, 0.1) is 12.6 Å². The Kier molecular flexibility index (Phi) is 6.97. The molecule has 2 aliphatic heterocycles. The van der Waals surface area contributed by atoms with Crippen molar-refractivity contribution in [3.63, 3.8) is 0 Å². The summed E-state index contributed by atoms with van der Waals surface area (Å²) in [5.74, 6) is -0.221. The highest BCUT2D eigenvalue weighted by Gasteiger charge is 2.40. The van der Waals surface area contributed by atoms with Gasteiger partial charge in [-0.05, 0) is 36.4 Å². The monoisotopic (exact) mass is 498 g/mol. The molecule has 5 rings (SSSR count). The van der Waals surface area contributed by atoms with Crippen molar-refractivity contribution in [2.24, 2.45) is 0 Å². The summed E-state index contributed by atoms with van der Waals surface area (Å²) in [5, 5.41) is 4.32. The van der Waals surface area contributed by atoms with Crippen molar-refractivity contribution in [2.45, 2.75) is 25.6 Å². The molecule has 1 atom stereocenters. The summed E-state index contributed by atoms with van der Waals surface area (Å²) < 4.78 is 41.6. The maximum atomic E-state index is 13.9. The minimum absolute atomic E-state index is 0.0737. The number of hydrogen-bond donors (Lipinski definition) is 1. The van der Waals surface area contributed by atoms with Gasteiger partial charge in [-0.25, -0.2) is 10.0 Å². The molecular formula is C26H29F3N6O. The lowest BCUT2D eigenvalue weighted by Crippen LogP contribution is -2.46. The lowest BCUT2D eigenvalue weighted by Gasteiger charge is -2.35. The molecule has 1 aromatic heterocycles. The van der Waals surface area contributed by atoms with Gasteiger partial charge in [-0.1, -0.05) is 37.3 Å². The number of benzene rings is 2. The van der Waals surface area contributed by atoms with E-state index in [1.54, 1.807) is 0 Å². The SMILES string of the molecule is CCN1CCN(c2ccc(Nc3ncc(C(F)(F)F)c(N4OCC[C@H]4c4ccccc4)n3)cc2)CC1. The molecular weight excluding hydrogens is 469 g/mol. The van der Waals surface area contributed by atoms with E-state index < -0.39 is 11.7 Å². The van der Waals surface area contributed by atoms with Gasteiger partial charge in [0.2, 0.25) is 5.95 Å². The molecule has 0 unspecified atom stereocenters. The van der Waals surface area contributed by atoms with E-state index in [1.807, 2.05) is 54.6 Å². The number of rotatable bonds is 6. The molecule has 0 bridgehead atoms. The van der Waals surface area contributed by atoms with E-state index in [-0.39, 0.29) is 17.8 Å². The van der Waals surface area contributed by atoms with E-state index in [2.05, 4.69) is 32.0 Å². The van der Waals surface area contributed by atoms with Gasteiger partial charge in [-0.3, -0.25) is 4.84 Å². The van der Waals surface area contributed by atoms with Gasteiger partial charge in [-0.15, -0.1) is 0 Å². The number of nitrogens with zero attached hydrogens (tertiary/aromatic N) is 5. The third kappa shape index (κ3) is 5.24. The lowest BCUT2D eigenvalue weighted by molar-refractivity contribution is -0.138. The van der Waals surface area contributed by atoms with Crippen LogP contribution in [0.4, 0.5) is 36.3 Å². The third-order valence-corrected chi connectivity index (χ3v) is 6.68. The van der Waals surface area contributed by atoms with Crippen LogP contribution in [0.3, 0.4) is 0 Å². The lowest BCUT2D eigenvalue weighted by atomic mass is 10.0. The van der Waals surface area contributed by atoms with Crippen molar-refractivity contribution in [1.82, 2.24) is 14.9 Å². The largest absolute Gasteiger partial charge is 0.421 e. The smallest absolute Gasteiger partial charge is 0.369 e. The number of hydrogen-bond acceptors (Lipinski definition) is 7. The van der Waals surface area contributed by atoms with Crippen LogP contribution in [-0.4, -0.2) is 54.2 Å². The normalized spacial score (nSPS) is 19.1. The number of piperazine rings is 1. The van der Waals surface area contributed by atoms with E-state index >= 15 is 0 Å². The Morgan fingerprint density at radius 2 is 1.72 bits per heavy atom. The summed E-state index contributed by atoms with van der Waals surface area (Å²) in [6, 6.07) is 16.8. The molecule has 2 fully saturated rings. The van der Waals surface area contributed by atoms with E-state index in [0.717, 1.165) is 50.2 Å². The Bertz CT molecular complexity index is 1150. The average Bonchev–Trinajstić information content (AvgIpc) is 3.39. The van der Waals surface area contributed by atoms with Gasteiger partial charge in [0.1, 0.15) is 5.56 Å². The first-order chi connectivity index (χ1) is 17.4. The van der Waals surface area contributed by atoms with Crippen molar-refractivity contribution in [3.05, 3.63) is 71.9 Å². The number of hydroxylamine groups is 1. The molecule has 190 valence electrons. The number of likely N-dealkylation sites (N-methyl/N-ethyl adjacent to an activating group) is 1. The van der Waals surface area contributed by atoms with Crippen LogP contribution < -0.4 is 15.3 Å². The van der Waals surface area contributed by atoms with Crippen molar-refractivity contribution in [3.8, 4) is 0 Å². The highest BCUT2D eigenvalue weighted by atomic mass is 19.4. The minimum atomic E-state index is -4.62. The van der Waals surface area contributed by atoms with E-state index in [4.69, 9.17) is 4.84 Å². The first kappa shape index (κ1) is 24.3. The van der Waals surface area contributed by atoms with Crippen LogP contribution in [0.25, 0.3) is 0 Å². The molecule has 7 nitrogen and oxygen atoms in total. The summed E-state index contributed by atoms with van der Waals surface area (Å²) in [4.78, 5) is 18.6. The minimum Gasteiger partial charge on any atom is -0.369 e. The van der Waals surface area contributed by atoms with Crippen molar-refractivity contribution in [2.75, 3.05) is 54.6 Å². The van der Waals surface area contributed by atoms with Crippen LogP contribution in [0.5, 0.6) is 0 Å². The van der Waals surface area contributed by atoms with E-state index in [1.165, 1.54) is 5.06 Å². The van der Waals surface area contributed by atoms with Crippen LogP contribution in [-0.2, 0) is 11.0 Å². The predicted octanol–water partition coefficient (Wildman–Crippen LogP) is 5.26. The summed E-state index contributed by atoms with van der Waals surface area (Å²) in [7, 11) is 0. The molecule has 36 heavy (non-hydrogen) atoms. The van der Waals surface area contributed by atoms with Crippen LogP contribution in [0.2, 0.25) is 0 Å². The average molecular weight is 499 g/mol. The second-order valence-corrected chi connectivity index (χ2v) is 8.90. The van der Waals surface area contributed by atoms with Gasteiger partial charge in [-0.2, -0.15) is 18.2 Å². The van der Waals surface area contributed by atoms with Crippen molar-refractivity contribution < 1.29 is 18.0 Å². The highest BCUT2D eigenvalue weighted by molar-refractivity contribution is 5.61. The zero-order valence-corrected chi connectivity index (χ0v) is 20.1. The summed E-state index contributed by atoms with van der Waals surface area (Å²) in [5.41, 5.74) is 1.74. The van der Waals surface area contributed by atoms with Gasteiger partial charge in [0.15, 0.2) is 5.82 Å². The van der Waals surface area contributed by atoms with Crippen LogP contribution >= 0.6 is 0 Å². The topological polar surface area (TPSA) is 56.8 Å². The first-order valence-corrected chi connectivity index (χ1v) is 12.2. The maximum Gasteiger partial charge on any atom is 0.421 e. The zero-order chi connectivity index (χ0) is 25.1. The third-order valence-electron chi connectivity index (χ3n) is 6.68. The fraction of sp³-hybridized carbons (Fsp3) is 0.385. The number of nitrogens with one attached hydrogen (secondary N) is 1. The standard InChI is InChI=1S/C26H29F3N6O/c1-2-33-13-15-34(16-14-33)21-10-8-20(9-11-21)31-25-30-18-22(26(27,28)29)24(32-25)35-23(12-17-36-35)19-6-4-3-5-7-19/h3-11,18,23H,2,12-17H2,1H3,(H,30,31,32)/t23-/m0/s1.